The van der Waals surface area contributed by atoms with Crippen LogP contribution in [-0.2, 0) is 11.2 Å². The molecule has 1 atom stereocenters. The largest absolute Gasteiger partial charge is 0.374 e. The van der Waals surface area contributed by atoms with Gasteiger partial charge in [-0.3, -0.25) is 4.79 Å². The highest BCUT2D eigenvalue weighted by atomic mass is 19.1. The second-order valence-corrected chi connectivity index (χ2v) is 5.40. The van der Waals surface area contributed by atoms with E-state index in [4.69, 9.17) is 0 Å². The summed E-state index contributed by atoms with van der Waals surface area (Å²) in [6, 6.07) is 13.9. The zero-order valence-electron chi connectivity index (χ0n) is 12.9. The SMILES string of the molecule is Cc1ccc(NC(C)C(=O)NCCc2ccc(F)cc2)cc1. The third-order valence-corrected chi connectivity index (χ3v) is 3.45. The molecule has 2 N–H and O–H groups in total. The van der Waals surface area contributed by atoms with Crippen molar-refractivity contribution in [2.75, 3.05) is 11.9 Å². The molecule has 1 unspecified atom stereocenters. The van der Waals surface area contributed by atoms with E-state index in [1.165, 1.54) is 17.7 Å². The van der Waals surface area contributed by atoms with Crippen LogP contribution in [0.25, 0.3) is 0 Å². The van der Waals surface area contributed by atoms with Crippen molar-refractivity contribution in [1.82, 2.24) is 5.32 Å². The van der Waals surface area contributed by atoms with Crippen molar-refractivity contribution >= 4 is 11.6 Å². The first kappa shape index (κ1) is 16.0. The van der Waals surface area contributed by atoms with Gasteiger partial charge in [0.2, 0.25) is 5.91 Å². The second kappa shape index (κ2) is 7.59. The van der Waals surface area contributed by atoms with Gasteiger partial charge in [-0.2, -0.15) is 0 Å². The molecule has 0 heterocycles. The average Bonchev–Trinajstić information content (AvgIpc) is 2.51. The Morgan fingerprint density at radius 2 is 1.73 bits per heavy atom. The topological polar surface area (TPSA) is 41.1 Å². The Bertz CT molecular complexity index is 608. The van der Waals surface area contributed by atoms with Crippen LogP contribution in [-0.4, -0.2) is 18.5 Å². The van der Waals surface area contributed by atoms with Crippen LogP contribution in [0.5, 0.6) is 0 Å². The van der Waals surface area contributed by atoms with E-state index in [9.17, 15) is 9.18 Å². The van der Waals surface area contributed by atoms with Crippen molar-refractivity contribution in [2.45, 2.75) is 26.3 Å². The maximum absolute atomic E-state index is 12.8. The first-order chi connectivity index (χ1) is 10.5. The van der Waals surface area contributed by atoms with Crippen molar-refractivity contribution in [3.63, 3.8) is 0 Å². The second-order valence-electron chi connectivity index (χ2n) is 5.40. The predicted octanol–water partition coefficient (Wildman–Crippen LogP) is 3.29. The molecule has 0 bridgehead atoms. The van der Waals surface area contributed by atoms with Crippen LogP contribution in [0.4, 0.5) is 10.1 Å². The summed E-state index contributed by atoms with van der Waals surface area (Å²) in [7, 11) is 0. The Kier molecular flexibility index (Phi) is 5.53. The van der Waals surface area contributed by atoms with Crippen LogP contribution in [0.15, 0.2) is 48.5 Å². The molecule has 22 heavy (non-hydrogen) atoms. The van der Waals surface area contributed by atoms with Gasteiger partial charge < -0.3 is 10.6 Å². The maximum atomic E-state index is 12.8. The normalized spacial score (nSPS) is 11.8. The molecule has 2 aromatic rings. The van der Waals surface area contributed by atoms with Crippen LogP contribution in [0.3, 0.4) is 0 Å². The molecular weight excluding hydrogens is 279 g/mol. The summed E-state index contributed by atoms with van der Waals surface area (Å²) >= 11 is 0. The van der Waals surface area contributed by atoms with Crippen LogP contribution >= 0.6 is 0 Å². The quantitative estimate of drug-likeness (QED) is 0.859. The number of rotatable bonds is 6. The van der Waals surface area contributed by atoms with Crippen molar-refractivity contribution in [3.8, 4) is 0 Å². The Labute approximate surface area is 130 Å². The van der Waals surface area contributed by atoms with E-state index < -0.39 is 0 Å². The number of halogens is 1. The van der Waals surface area contributed by atoms with E-state index in [-0.39, 0.29) is 17.8 Å². The fourth-order valence-electron chi connectivity index (χ4n) is 2.10. The monoisotopic (exact) mass is 300 g/mol. The lowest BCUT2D eigenvalue weighted by Crippen LogP contribution is -2.38. The lowest BCUT2D eigenvalue weighted by atomic mass is 10.1. The third-order valence-electron chi connectivity index (χ3n) is 3.45. The van der Waals surface area contributed by atoms with Crippen molar-refractivity contribution in [2.24, 2.45) is 0 Å². The predicted molar refractivity (Wildman–Crippen MR) is 87.4 cm³/mol. The fraction of sp³-hybridized carbons (Fsp3) is 0.278. The smallest absolute Gasteiger partial charge is 0.242 e. The first-order valence-corrected chi connectivity index (χ1v) is 7.40. The van der Waals surface area contributed by atoms with E-state index in [1.54, 1.807) is 12.1 Å². The standard InChI is InChI=1S/C18H21FN2O/c1-13-3-9-17(10-4-13)21-14(2)18(22)20-12-11-15-5-7-16(19)8-6-15/h3-10,14,21H,11-12H2,1-2H3,(H,20,22). The molecule has 2 aromatic carbocycles. The van der Waals surface area contributed by atoms with E-state index in [2.05, 4.69) is 10.6 Å². The fourth-order valence-corrected chi connectivity index (χ4v) is 2.10. The molecule has 0 aliphatic carbocycles. The number of carbonyl (C=O) groups is 1. The summed E-state index contributed by atoms with van der Waals surface area (Å²) in [5, 5.41) is 6.05. The van der Waals surface area contributed by atoms with E-state index in [0.29, 0.717) is 13.0 Å². The van der Waals surface area contributed by atoms with Crippen molar-refractivity contribution in [1.29, 1.82) is 0 Å². The maximum Gasteiger partial charge on any atom is 0.242 e. The van der Waals surface area contributed by atoms with Crippen LogP contribution < -0.4 is 10.6 Å². The number of benzene rings is 2. The van der Waals surface area contributed by atoms with Crippen LogP contribution in [0.2, 0.25) is 0 Å². The number of anilines is 1. The summed E-state index contributed by atoms with van der Waals surface area (Å²) < 4.78 is 12.8. The lowest BCUT2D eigenvalue weighted by molar-refractivity contribution is -0.121. The summed E-state index contributed by atoms with van der Waals surface area (Å²) in [5.74, 6) is -0.300. The van der Waals surface area contributed by atoms with Gasteiger partial charge in [-0.25, -0.2) is 4.39 Å². The van der Waals surface area contributed by atoms with Crippen LogP contribution in [0.1, 0.15) is 18.1 Å². The van der Waals surface area contributed by atoms with Gasteiger partial charge in [0, 0.05) is 12.2 Å². The number of hydrogen-bond acceptors (Lipinski definition) is 2. The number of aryl methyl sites for hydroxylation is 1. The van der Waals surface area contributed by atoms with E-state index >= 15 is 0 Å². The molecule has 0 radical (unpaired) electrons. The van der Waals surface area contributed by atoms with E-state index in [1.807, 2.05) is 38.1 Å². The molecule has 0 aromatic heterocycles. The third kappa shape index (κ3) is 4.88. The molecule has 0 saturated carbocycles. The Hall–Kier alpha value is -2.36. The van der Waals surface area contributed by atoms with Gasteiger partial charge in [0.1, 0.15) is 11.9 Å². The molecule has 0 aliphatic heterocycles. The number of amides is 1. The molecule has 1 amide bonds. The van der Waals surface area contributed by atoms with Crippen LogP contribution in [0, 0.1) is 12.7 Å². The Morgan fingerprint density at radius 1 is 1.09 bits per heavy atom. The van der Waals surface area contributed by atoms with Gasteiger partial charge >= 0.3 is 0 Å². The summed E-state index contributed by atoms with van der Waals surface area (Å²) in [5.41, 5.74) is 3.11. The summed E-state index contributed by atoms with van der Waals surface area (Å²) in [6.07, 6.45) is 0.684. The average molecular weight is 300 g/mol. The molecule has 0 saturated heterocycles. The van der Waals surface area contributed by atoms with Gasteiger partial charge in [0.15, 0.2) is 0 Å². The molecule has 4 heteroatoms. The molecule has 0 spiro atoms. The van der Waals surface area contributed by atoms with Gasteiger partial charge in [-0.15, -0.1) is 0 Å². The zero-order chi connectivity index (χ0) is 15.9. The van der Waals surface area contributed by atoms with Gasteiger partial charge in [0.25, 0.3) is 0 Å². The highest BCUT2D eigenvalue weighted by Gasteiger charge is 2.11. The van der Waals surface area contributed by atoms with E-state index in [0.717, 1.165) is 11.3 Å². The molecule has 116 valence electrons. The highest BCUT2D eigenvalue weighted by Crippen LogP contribution is 2.10. The minimum atomic E-state index is -0.309. The molecule has 3 nitrogen and oxygen atoms in total. The van der Waals surface area contributed by atoms with Gasteiger partial charge in [0.05, 0.1) is 0 Å². The Morgan fingerprint density at radius 3 is 2.36 bits per heavy atom. The summed E-state index contributed by atoms with van der Waals surface area (Å²) in [6.45, 7) is 4.38. The highest BCUT2D eigenvalue weighted by molar-refractivity contribution is 5.84. The molecule has 2 rings (SSSR count). The number of carbonyl (C=O) groups excluding carboxylic acids is 1. The molecular formula is C18H21FN2O. The van der Waals surface area contributed by atoms with Crippen molar-refractivity contribution in [3.05, 3.63) is 65.5 Å². The Balaban J connectivity index is 1.76. The van der Waals surface area contributed by atoms with Gasteiger partial charge in [-0.05, 0) is 50.1 Å². The minimum absolute atomic E-state index is 0.0531. The minimum Gasteiger partial charge on any atom is -0.374 e. The first-order valence-electron chi connectivity index (χ1n) is 7.40. The molecule has 0 fully saturated rings. The van der Waals surface area contributed by atoms with Crippen molar-refractivity contribution < 1.29 is 9.18 Å². The zero-order valence-corrected chi connectivity index (χ0v) is 12.9. The molecule has 0 aliphatic rings. The van der Waals surface area contributed by atoms with Gasteiger partial charge in [-0.1, -0.05) is 29.8 Å². The summed E-state index contributed by atoms with van der Waals surface area (Å²) in [4.78, 5) is 12.0. The number of nitrogens with one attached hydrogen (secondary N) is 2. The number of hydrogen-bond donors (Lipinski definition) is 2. The lowest BCUT2D eigenvalue weighted by Gasteiger charge is -2.15.